The van der Waals surface area contributed by atoms with Crippen molar-refractivity contribution in [2.75, 3.05) is 0 Å². The monoisotopic (exact) mass is 266 g/mol. The maximum absolute atomic E-state index is 12.2. The number of halogens is 3. The molecule has 1 fully saturated rings. The topological polar surface area (TPSA) is 35.5 Å². The Bertz CT molecular complexity index is 349. The van der Waals surface area contributed by atoms with Crippen molar-refractivity contribution in [2.24, 2.45) is 0 Å². The van der Waals surface area contributed by atoms with Crippen LogP contribution in [0.2, 0.25) is 0 Å². The number of rotatable bonds is 3. The summed E-state index contributed by atoms with van der Waals surface area (Å²) in [6.45, 7) is 8.24. The van der Waals surface area contributed by atoms with Gasteiger partial charge in [-0.3, -0.25) is 0 Å². The Morgan fingerprint density at radius 1 is 1.50 bits per heavy atom. The van der Waals surface area contributed by atoms with Crippen LogP contribution >= 0.6 is 0 Å². The van der Waals surface area contributed by atoms with Crippen molar-refractivity contribution in [1.82, 2.24) is 0 Å². The lowest BCUT2D eigenvalue weighted by Crippen LogP contribution is -2.44. The molecule has 0 aromatic heterocycles. The molecule has 3 nitrogen and oxygen atoms in total. The van der Waals surface area contributed by atoms with Gasteiger partial charge in [0, 0.05) is 0 Å². The quantitative estimate of drug-likeness (QED) is 0.582. The lowest BCUT2D eigenvalue weighted by atomic mass is 9.96. The first kappa shape index (κ1) is 15.0. The van der Waals surface area contributed by atoms with E-state index in [9.17, 15) is 18.0 Å². The highest BCUT2D eigenvalue weighted by atomic mass is 19.4. The third-order valence-electron chi connectivity index (χ3n) is 3.11. The van der Waals surface area contributed by atoms with Crippen molar-refractivity contribution in [2.45, 2.75) is 57.1 Å². The summed E-state index contributed by atoms with van der Waals surface area (Å²) < 4.78 is 46.6. The standard InChI is InChI=1S/C12H17F3O3/c1-5-11(4)7-6-8(17-11)10(2,3)18-9(16)12(13,14)15/h5,8H,1,6-7H2,2-4H3. The van der Waals surface area contributed by atoms with Crippen LogP contribution in [-0.2, 0) is 14.3 Å². The first-order valence-electron chi connectivity index (χ1n) is 5.62. The molecule has 1 heterocycles. The average molecular weight is 266 g/mol. The summed E-state index contributed by atoms with van der Waals surface area (Å²) in [6, 6.07) is 0. The number of carbonyl (C=O) groups excluding carboxylic acids is 1. The molecule has 1 saturated heterocycles. The molecule has 0 radical (unpaired) electrons. The third-order valence-corrected chi connectivity index (χ3v) is 3.11. The smallest absolute Gasteiger partial charge is 0.450 e. The van der Waals surface area contributed by atoms with Crippen LogP contribution in [0.15, 0.2) is 12.7 Å². The van der Waals surface area contributed by atoms with Crippen LogP contribution in [0.3, 0.4) is 0 Å². The zero-order valence-corrected chi connectivity index (χ0v) is 10.6. The predicted octanol–water partition coefficient (Wildman–Crippen LogP) is 2.99. The Morgan fingerprint density at radius 2 is 2.06 bits per heavy atom. The van der Waals surface area contributed by atoms with Gasteiger partial charge in [0.1, 0.15) is 5.60 Å². The van der Waals surface area contributed by atoms with Crippen molar-refractivity contribution in [3.63, 3.8) is 0 Å². The van der Waals surface area contributed by atoms with E-state index in [1.54, 1.807) is 13.0 Å². The maximum Gasteiger partial charge on any atom is 0.490 e. The summed E-state index contributed by atoms with van der Waals surface area (Å²) in [5.41, 5.74) is -1.90. The van der Waals surface area contributed by atoms with E-state index in [1.807, 2.05) is 0 Å². The molecule has 0 saturated carbocycles. The Balaban J connectivity index is 2.71. The van der Waals surface area contributed by atoms with E-state index in [1.165, 1.54) is 13.8 Å². The molecule has 0 spiro atoms. The van der Waals surface area contributed by atoms with E-state index in [-0.39, 0.29) is 0 Å². The van der Waals surface area contributed by atoms with Crippen LogP contribution in [0.1, 0.15) is 33.6 Å². The molecule has 0 aliphatic carbocycles. The molecule has 2 atom stereocenters. The Kier molecular flexibility index (Phi) is 3.81. The van der Waals surface area contributed by atoms with E-state index in [0.717, 1.165) is 0 Å². The largest absolute Gasteiger partial charge is 0.490 e. The number of carbonyl (C=O) groups is 1. The van der Waals surface area contributed by atoms with Gasteiger partial charge in [-0.25, -0.2) is 4.79 Å². The number of alkyl halides is 3. The Hall–Kier alpha value is -1.04. The van der Waals surface area contributed by atoms with Gasteiger partial charge < -0.3 is 9.47 Å². The van der Waals surface area contributed by atoms with Crippen LogP contribution in [0.5, 0.6) is 0 Å². The molecule has 0 N–H and O–H groups in total. The van der Waals surface area contributed by atoms with Gasteiger partial charge in [0.15, 0.2) is 0 Å². The van der Waals surface area contributed by atoms with E-state index in [0.29, 0.717) is 12.8 Å². The van der Waals surface area contributed by atoms with E-state index in [4.69, 9.17) is 4.74 Å². The molecule has 0 aromatic carbocycles. The van der Waals surface area contributed by atoms with Crippen molar-refractivity contribution in [3.8, 4) is 0 Å². The Morgan fingerprint density at radius 3 is 2.44 bits per heavy atom. The SMILES string of the molecule is C=CC1(C)CCC(C(C)(C)OC(=O)C(F)(F)F)O1. The molecule has 0 amide bonds. The summed E-state index contributed by atoms with van der Waals surface area (Å²) in [4.78, 5) is 10.8. The Labute approximate surface area is 104 Å². The number of esters is 1. The van der Waals surface area contributed by atoms with Gasteiger partial charge in [-0.05, 0) is 33.6 Å². The molecule has 1 aliphatic rings. The fraction of sp³-hybridized carbons (Fsp3) is 0.750. The molecule has 1 aliphatic heterocycles. The lowest BCUT2D eigenvalue weighted by molar-refractivity contribution is -0.221. The molecule has 1 rings (SSSR count). The zero-order chi connectivity index (χ0) is 14.2. The number of ether oxygens (including phenoxy) is 2. The van der Waals surface area contributed by atoms with Gasteiger partial charge in [0.25, 0.3) is 0 Å². The number of hydrogen-bond donors (Lipinski definition) is 0. The van der Waals surface area contributed by atoms with Crippen LogP contribution < -0.4 is 0 Å². The van der Waals surface area contributed by atoms with Crippen LogP contribution in [-0.4, -0.2) is 29.5 Å². The minimum Gasteiger partial charge on any atom is -0.450 e. The minimum absolute atomic E-state index is 0.515. The highest BCUT2D eigenvalue weighted by Gasteiger charge is 2.49. The van der Waals surface area contributed by atoms with Crippen molar-refractivity contribution >= 4 is 5.97 Å². The molecule has 2 unspecified atom stereocenters. The zero-order valence-electron chi connectivity index (χ0n) is 10.6. The molecular weight excluding hydrogens is 249 g/mol. The van der Waals surface area contributed by atoms with Gasteiger partial charge in [0.05, 0.1) is 11.7 Å². The highest BCUT2D eigenvalue weighted by Crippen LogP contribution is 2.38. The van der Waals surface area contributed by atoms with E-state index < -0.39 is 29.5 Å². The fourth-order valence-corrected chi connectivity index (χ4v) is 1.86. The van der Waals surface area contributed by atoms with Crippen LogP contribution in [0, 0.1) is 0 Å². The highest BCUT2D eigenvalue weighted by molar-refractivity contribution is 5.76. The molecule has 0 bridgehead atoms. The predicted molar refractivity (Wildman–Crippen MR) is 58.9 cm³/mol. The number of hydrogen-bond acceptors (Lipinski definition) is 3. The van der Waals surface area contributed by atoms with Crippen molar-refractivity contribution in [1.29, 1.82) is 0 Å². The van der Waals surface area contributed by atoms with Crippen LogP contribution in [0.25, 0.3) is 0 Å². The molecular formula is C12H17F3O3. The lowest BCUT2D eigenvalue weighted by Gasteiger charge is -2.32. The van der Waals surface area contributed by atoms with Crippen LogP contribution in [0.4, 0.5) is 13.2 Å². The normalized spacial score (nSPS) is 29.1. The molecule has 0 aromatic rings. The van der Waals surface area contributed by atoms with Gasteiger partial charge in [0.2, 0.25) is 0 Å². The molecule has 104 valence electrons. The first-order chi connectivity index (χ1) is 8.00. The van der Waals surface area contributed by atoms with Crippen molar-refractivity contribution < 1.29 is 27.4 Å². The average Bonchev–Trinajstić information content (AvgIpc) is 2.60. The van der Waals surface area contributed by atoms with Gasteiger partial charge in [-0.2, -0.15) is 13.2 Å². The van der Waals surface area contributed by atoms with Gasteiger partial charge >= 0.3 is 12.1 Å². The van der Waals surface area contributed by atoms with Gasteiger partial charge in [-0.15, -0.1) is 6.58 Å². The molecule has 18 heavy (non-hydrogen) atoms. The van der Waals surface area contributed by atoms with E-state index >= 15 is 0 Å². The summed E-state index contributed by atoms with van der Waals surface area (Å²) in [6.07, 6.45) is -2.81. The minimum atomic E-state index is -4.99. The second-order valence-electron chi connectivity index (χ2n) is 5.15. The van der Waals surface area contributed by atoms with Gasteiger partial charge in [-0.1, -0.05) is 6.08 Å². The van der Waals surface area contributed by atoms with E-state index in [2.05, 4.69) is 11.3 Å². The second-order valence-corrected chi connectivity index (χ2v) is 5.15. The summed E-state index contributed by atoms with van der Waals surface area (Å²) in [5.74, 6) is -2.19. The molecule has 6 heteroatoms. The summed E-state index contributed by atoms with van der Waals surface area (Å²) in [7, 11) is 0. The fourth-order valence-electron chi connectivity index (χ4n) is 1.86. The summed E-state index contributed by atoms with van der Waals surface area (Å²) in [5, 5.41) is 0. The third kappa shape index (κ3) is 3.25. The maximum atomic E-state index is 12.2. The second kappa shape index (κ2) is 4.57. The first-order valence-corrected chi connectivity index (χ1v) is 5.62. The summed E-state index contributed by atoms with van der Waals surface area (Å²) >= 11 is 0. The van der Waals surface area contributed by atoms with Crippen molar-refractivity contribution in [3.05, 3.63) is 12.7 Å².